The van der Waals surface area contributed by atoms with Gasteiger partial charge in [-0.15, -0.1) is 0 Å². The predicted octanol–water partition coefficient (Wildman–Crippen LogP) is 2.66. The third-order valence-electron chi connectivity index (χ3n) is 4.31. The highest BCUT2D eigenvalue weighted by Crippen LogP contribution is 2.32. The monoisotopic (exact) mass is 342 g/mol. The lowest BCUT2D eigenvalue weighted by Crippen LogP contribution is -2.33. The zero-order valence-corrected chi connectivity index (χ0v) is 14.8. The molecule has 1 unspecified atom stereocenters. The number of rotatable bonds is 6. The molecule has 2 heterocycles. The zero-order valence-electron chi connectivity index (χ0n) is 13.2. The number of aryl methyl sites for hydroxylation is 2. The number of likely N-dealkylation sites (tertiary alicyclic amines) is 1. The molecule has 5 heteroatoms. The lowest BCUT2D eigenvalue weighted by Gasteiger charge is -2.24. The molecule has 0 spiro atoms. The highest BCUT2D eigenvalue weighted by molar-refractivity contribution is 9.10. The molecule has 4 nitrogen and oxygen atoms in total. The van der Waals surface area contributed by atoms with Gasteiger partial charge in [-0.05, 0) is 54.7 Å². The Morgan fingerprint density at radius 1 is 1.40 bits per heavy atom. The van der Waals surface area contributed by atoms with E-state index in [0.717, 1.165) is 32.6 Å². The van der Waals surface area contributed by atoms with Crippen molar-refractivity contribution in [1.82, 2.24) is 20.0 Å². The predicted molar refractivity (Wildman–Crippen MR) is 86.9 cm³/mol. The second-order valence-electron chi connectivity index (χ2n) is 6.18. The number of nitrogens with zero attached hydrogens (tertiary/aromatic N) is 3. The van der Waals surface area contributed by atoms with Gasteiger partial charge in [0, 0.05) is 26.2 Å². The molecule has 1 saturated heterocycles. The molecule has 1 aromatic heterocycles. The van der Waals surface area contributed by atoms with Crippen LogP contribution in [0.1, 0.15) is 38.6 Å². The van der Waals surface area contributed by atoms with Crippen LogP contribution in [0.25, 0.3) is 0 Å². The molecule has 1 fully saturated rings. The van der Waals surface area contributed by atoms with E-state index in [1.165, 1.54) is 28.8 Å². The molecule has 114 valence electrons. The Balaban J connectivity index is 2.09. The van der Waals surface area contributed by atoms with Crippen LogP contribution in [-0.4, -0.2) is 41.4 Å². The molecule has 0 amide bonds. The standard InChI is InChI=1S/C15H27BrN4/c1-5-12-14(16)13(20(6-2)18-12)9-19-8-7-15(3,11-19)10-17-4/h17H,5-11H2,1-4H3. The van der Waals surface area contributed by atoms with Gasteiger partial charge in [-0.2, -0.15) is 5.10 Å². The van der Waals surface area contributed by atoms with Gasteiger partial charge in [0.25, 0.3) is 0 Å². The van der Waals surface area contributed by atoms with E-state index in [9.17, 15) is 0 Å². The molecule has 0 bridgehead atoms. The molecule has 0 aromatic carbocycles. The van der Waals surface area contributed by atoms with E-state index in [0.29, 0.717) is 5.41 Å². The van der Waals surface area contributed by atoms with Gasteiger partial charge in [0.1, 0.15) is 0 Å². The van der Waals surface area contributed by atoms with Crippen molar-refractivity contribution in [3.8, 4) is 0 Å². The van der Waals surface area contributed by atoms with Gasteiger partial charge in [0.05, 0.1) is 15.9 Å². The number of halogens is 1. The van der Waals surface area contributed by atoms with E-state index >= 15 is 0 Å². The first-order chi connectivity index (χ1) is 9.53. The van der Waals surface area contributed by atoms with Crippen LogP contribution in [0.4, 0.5) is 0 Å². The SMILES string of the molecule is CCc1nn(CC)c(CN2CCC(C)(CNC)C2)c1Br. The van der Waals surface area contributed by atoms with Crippen molar-refractivity contribution in [1.29, 1.82) is 0 Å². The summed E-state index contributed by atoms with van der Waals surface area (Å²) in [6.45, 7) is 12.1. The second kappa shape index (κ2) is 6.58. The maximum absolute atomic E-state index is 4.69. The van der Waals surface area contributed by atoms with Gasteiger partial charge in [-0.1, -0.05) is 13.8 Å². The Kier molecular flexibility index (Phi) is 5.26. The average Bonchev–Trinajstić information content (AvgIpc) is 2.93. The molecule has 1 aliphatic rings. The minimum Gasteiger partial charge on any atom is -0.319 e. The number of hydrogen-bond donors (Lipinski definition) is 1. The Hall–Kier alpha value is -0.390. The first-order valence-corrected chi connectivity index (χ1v) is 8.43. The van der Waals surface area contributed by atoms with Crippen molar-refractivity contribution in [2.45, 2.75) is 46.7 Å². The summed E-state index contributed by atoms with van der Waals surface area (Å²) in [7, 11) is 2.05. The van der Waals surface area contributed by atoms with Crippen LogP contribution in [-0.2, 0) is 19.5 Å². The highest BCUT2D eigenvalue weighted by Gasteiger charge is 2.33. The van der Waals surface area contributed by atoms with Crippen LogP contribution < -0.4 is 5.32 Å². The van der Waals surface area contributed by atoms with E-state index in [1.807, 2.05) is 7.05 Å². The van der Waals surface area contributed by atoms with Crippen molar-refractivity contribution >= 4 is 15.9 Å². The van der Waals surface area contributed by atoms with Crippen LogP contribution in [0.2, 0.25) is 0 Å². The molecular weight excluding hydrogens is 316 g/mol. The molecule has 1 atom stereocenters. The summed E-state index contributed by atoms with van der Waals surface area (Å²) in [6.07, 6.45) is 2.25. The van der Waals surface area contributed by atoms with Gasteiger partial charge >= 0.3 is 0 Å². The molecule has 0 radical (unpaired) electrons. The first kappa shape index (κ1) is 16.0. The van der Waals surface area contributed by atoms with Crippen molar-refractivity contribution in [3.63, 3.8) is 0 Å². The van der Waals surface area contributed by atoms with Gasteiger partial charge in [-0.25, -0.2) is 0 Å². The van der Waals surface area contributed by atoms with Crippen molar-refractivity contribution < 1.29 is 0 Å². The van der Waals surface area contributed by atoms with Crippen molar-refractivity contribution in [3.05, 3.63) is 15.9 Å². The van der Waals surface area contributed by atoms with Crippen LogP contribution in [0.3, 0.4) is 0 Å². The summed E-state index contributed by atoms with van der Waals surface area (Å²) >= 11 is 3.75. The van der Waals surface area contributed by atoms with E-state index < -0.39 is 0 Å². The summed E-state index contributed by atoms with van der Waals surface area (Å²) in [5, 5.41) is 8.02. The van der Waals surface area contributed by atoms with Crippen LogP contribution in [0, 0.1) is 5.41 Å². The quantitative estimate of drug-likeness (QED) is 0.862. The zero-order chi connectivity index (χ0) is 14.8. The largest absolute Gasteiger partial charge is 0.319 e. The second-order valence-corrected chi connectivity index (χ2v) is 6.97. The van der Waals surface area contributed by atoms with E-state index in [4.69, 9.17) is 5.10 Å². The van der Waals surface area contributed by atoms with Gasteiger partial charge in [0.15, 0.2) is 0 Å². The topological polar surface area (TPSA) is 33.1 Å². The minimum absolute atomic E-state index is 0.409. The normalized spacial score (nSPS) is 23.6. The molecule has 1 aromatic rings. The fraction of sp³-hybridized carbons (Fsp3) is 0.800. The molecule has 0 aliphatic carbocycles. The summed E-state index contributed by atoms with van der Waals surface area (Å²) in [6, 6.07) is 0. The number of hydrogen-bond acceptors (Lipinski definition) is 3. The summed E-state index contributed by atoms with van der Waals surface area (Å²) in [4.78, 5) is 2.56. The lowest BCUT2D eigenvalue weighted by atomic mass is 9.90. The summed E-state index contributed by atoms with van der Waals surface area (Å²) in [5.74, 6) is 0. The molecule has 20 heavy (non-hydrogen) atoms. The summed E-state index contributed by atoms with van der Waals surface area (Å²) < 4.78 is 3.36. The average molecular weight is 343 g/mol. The molecule has 1 aliphatic heterocycles. The first-order valence-electron chi connectivity index (χ1n) is 7.64. The highest BCUT2D eigenvalue weighted by atomic mass is 79.9. The van der Waals surface area contributed by atoms with Crippen molar-refractivity contribution in [2.75, 3.05) is 26.7 Å². The Morgan fingerprint density at radius 3 is 2.75 bits per heavy atom. The number of aromatic nitrogens is 2. The third-order valence-corrected chi connectivity index (χ3v) is 5.22. The van der Waals surface area contributed by atoms with Crippen LogP contribution in [0.15, 0.2) is 4.47 Å². The van der Waals surface area contributed by atoms with Crippen molar-refractivity contribution in [2.24, 2.45) is 5.41 Å². The Morgan fingerprint density at radius 2 is 2.15 bits per heavy atom. The fourth-order valence-electron chi connectivity index (χ4n) is 3.21. The molecular formula is C15H27BrN4. The van der Waals surface area contributed by atoms with Crippen LogP contribution in [0.5, 0.6) is 0 Å². The van der Waals surface area contributed by atoms with Crippen LogP contribution >= 0.6 is 15.9 Å². The molecule has 0 saturated carbocycles. The molecule has 2 rings (SSSR count). The molecule has 1 N–H and O–H groups in total. The Labute approximate surface area is 131 Å². The van der Waals surface area contributed by atoms with Gasteiger partial charge in [-0.3, -0.25) is 9.58 Å². The smallest absolute Gasteiger partial charge is 0.0767 e. The Bertz CT molecular complexity index is 457. The summed E-state index contributed by atoms with van der Waals surface area (Å²) in [5.41, 5.74) is 2.92. The van der Waals surface area contributed by atoms with E-state index in [2.05, 4.69) is 51.6 Å². The van der Waals surface area contributed by atoms with Gasteiger partial charge < -0.3 is 5.32 Å². The maximum Gasteiger partial charge on any atom is 0.0767 e. The van der Waals surface area contributed by atoms with E-state index in [-0.39, 0.29) is 0 Å². The third kappa shape index (κ3) is 3.26. The van der Waals surface area contributed by atoms with Gasteiger partial charge in [0.2, 0.25) is 0 Å². The minimum atomic E-state index is 0.409. The maximum atomic E-state index is 4.69. The fourth-order valence-corrected chi connectivity index (χ4v) is 3.90. The van der Waals surface area contributed by atoms with E-state index in [1.54, 1.807) is 0 Å². The number of nitrogens with one attached hydrogen (secondary N) is 1. The lowest BCUT2D eigenvalue weighted by molar-refractivity contribution is 0.259.